The van der Waals surface area contributed by atoms with Crippen LogP contribution in [0.2, 0.25) is 5.02 Å². The van der Waals surface area contributed by atoms with Crippen LogP contribution in [-0.4, -0.2) is 10.9 Å². The zero-order valence-electron chi connectivity index (χ0n) is 8.83. The molecular weight excluding hydrogens is 307 g/mol. The molecule has 1 aromatic carbocycles. The van der Waals surface area contributed by atoms with E-state index in [2.05, 4.69) is 26.2 Å². The Labute approximate surface area is 111 Å². The van der Waals surface area contributed by atoms with Gasteiger partial charge in [0.1, 0.15) is 6.26 Å². The fraction of sp³-hybridized carbons (Fsp3) is 0.0909. The molecule has 0 atom stereocenters. The van der Waals surface area contributed by atoms with Crippen molar-refractivity contribution in [2.75, 3.05) is 5.32 Å². The molecule has 0 aliphatic heterocycles. The van der Waals surface area contributed by atoms with Crippen LogP contribution in [0.3, 0.4) is 0 Å². The Kier molecular flexibility index (Phi) is 3.49. The second-order valence-corrected chi connectivity index (χ2v) is 4.64. The minimum Gasteiger partial charge on any atom is -0.432 e. The number of nitrogens with zero attached hydrogens (tertiary/aromatic N) is 1. The number of oxazole rings is 1. The van der Waals surface area contributed by atoms with Crippen LogP contribution >= 0.6 is 27.5 Å². The smallest absolute Gasteiger partial charge is 0.301 e. The minimum atomic E-state index is -0.318. The molecule has 1 heterocycles. The van der Waals surface area contributed by atoms with E-state index in [1.54, 1.807) is 25.1 Å². The van der Waals surface area contributed by atoms with Gasteiger partial charge in [-0.2, -0.15) is 4.98 Å². The molecule has 1 N–H and O–H groups in total. The first-order valence-corrected chi connectivity index (χ1v) is 5.92. The highest BCUT2D eigenvalue weighted by Gasteiger charge is 2.10. The van der Waals surface area contributed by atoms with Crippen molar-refractivity contribution >= 4 is 39.5 Å². The Morgan fingerprint density at radius 1 is 1.53 bits per heavy atom. The summed E-state index contributed by atoms with van der Waals surface area (Å²) in [7, 11) is 0. The molecule has 0 saturated heterocycles. The van der Waals surface area contributed by atoms with Gasteiger partial charge in [-0.1, -0.05) is 11.6 Å². The molecule has 0 aliphatic rings. The van der Waals surface area contributed by atoms with Gasteiger partial charge in [0.2, 0.25) is 0 Å². The third kappa shape index (κ3) is 2.87. The number of amides is 1. The molecule has 0 unspecified atom stereocenters. The van der Waals surface area contributed by atoms with E-state index in [-0.39, 0.29) is 11.9 Å². The Morgan fingerprint density at radius 3 is 2.88 bits per heavy atom. The molecule has 0 aliphatic carbocycles. The summed E-state index contributed by atoms with van der Waals surface area (Å²) in [5, 5.41) is 3.01. The van der Waals surface area contributed by atoms with Crippen molar-refractivity contribution in [1.29, 1.82) is 0 Å². The molecule has 1 amide bonds. The fourth-order valence-electron chi connectivity index (χ4n) is 1.22. The van der Waals surface area contributed by atoms with E-state index in [0.29, 0.717) is 16.3 Å². The predicted molar refractivity (Wildman–Crippen MR) is 68.3 cm³/mol. The number of rotatable bonds is 2. The number of aryl methyl sites for hydroxylation is 1. The number of halogens is 2. The second kappa shape index (κ2) is 4.89. The predicted octanol–water partition coefficient (Wildman–Crippen LogP) is 3.65. The molecule has 6 heteroatoms. The lowest BCUT2D eigenvalue weighted by molar-refractivity contribution is 0.102. The van der Waals surface area contributed by atoms with Gasteiger partial charge in [-0.3, -0.25) is 10.1 Å². The van der Waals surface area contributed by atoms with Gasteiger partial charge in [0.25, 0.3) is 5.91 Å². The monoisotopic (exact) mass is 314 g/mol. The summed E-state index contributed by atoms with van der Waals surface area (Å²) in [5.74, 6) is -0.318. The van der Waals surface area contributed by atoms with E-state index in [4.69, 9.17) is 16.0 Å². The number of hydrogen-bond donors (Lipinski definition) is 1. The van der Waals surface area contributed by atoms with Gasteiger partial charge in [0.15, 0.2) is 0 Å². The van der Waals surface area contributed by atoms with Crippen LogP contribution in [0.5, 0.6) is 0 Å². The summed E-state index contributed by atoms with van der Waals surface area (Å²) in [6.07, 6.45) is 1.46. The van der Waals surface area contributed by atoms with Crippen LogP contribution in [0.25, 0.3) is 0 Å². The third-order valence-corrected chi connectivity index (χ3v) is 3.25. The van der Waals surface area contributed by atoms with Gasteiger partial charge >= 0.3 is 6.01 Å². The Hall–Kier alpha value is -1.33. The molecule has 17 heavy (non-hydrogen) atoms. The summed E-state index contributed by atoms with van der Waals surface area (Å²) in [4.78, 5) is 15.8. The van der Waals surface area contributed by atoms with Crippen molar-refractivity contribution in [3.05, 3.63) is 45.2 Å². The zero-order valence-corrected chi connectivity index (χ0v) is 11.2. The van der Waals surface area contributed by atoms with Crippen LogP contribution in [0.4, 0.5) is 6.01 Å². The van der Waals surface area contributed by atoms with Crippen LogP contribution in [0, 0.1) is 6.92 Å². The van der Waals surface area contributed by atoms with E-state index in [0.717, 1.165) is 4.47 Å². The Morgan fingerprint density at radius 2 is 2.29 bits per heavy atom. The Bertz CT molecular complexity index is 568. The molecule has 1 aromatic heterocycles. The zero-order chi connectivity index (χ0) is 12.4. The maximum Gasteiger partial charge on any atom is 0.301 e. The number of nitrogens with one attached hydrogen (secondary N) is 1. The highest BCUT2D eigenvalue weighted by Crippen LogP contribution is 2.23. The number of aromatic nitrogens is 1. The molecule has 2 rings (SSSR count). The molecule has 4 nitrogen and oxygen atoms in total. The van der Waals surface area contributed by atoms with Gasteiger partial charge in [-0.25, -0.2) is 0 Å². The van der Waals surface area contributed by atoms with Crippen molar-refractivity contribution in [2.45, 2.75) is 6.92 Å². The van der Waals surface area contributed by atoms with E-state index < -0.39 is 0 Å². The largest absolute Gasteiger partial charge is 0.432 e. The maximum atomic E-state index is 11.8. The van der Waals surface area contributed by atoms with Gasteiger partial charge in [0, 0.05) is 10.0 Å². The molecular formula is C11H8BrClN2O2. The van der Waals surface area contributed by atoms with E-state index in [1.165, 1.54) is 6.26 Å². The van der Waals surface area contributed by atoms with Crippen LogP contribution in [0.1, 0.15) is 16.1 Å². The fourth-order valence-corrected chi connectivity index (χ4v) is 1.65. The van der Waals surface area contributed by atoms with E-state index in [9.17, 15) is 4.79 Å². The molecule has 0 spiro atoms. The highest BCUT2D eigenvalue weighted by atomic mass is 79.9. The van der Waals surface area contributed by atoms with Crippen LogP contribution in [-0.2, 0) is 0 Å². The minimum absolute atomic E-state index is 0.173. The average molecular weight is 316 g/mol. The van der Waals surface area contributed by atoms with Crippen LogP contribution in [0.15, 0.2) is 33.4 Å². The molecule has 0 saturated carbocycles. The quantitative estimate of drug-likeness (QED) is 0.920. The molecule has 0 radical (unpaired) electrons. The molecule has 2 aromatic rings. The van der Waals surface area contributed by atoms with Crippen molar-refractivity contribution < 1.29 is 9.21 Å². The van der Waals surface area contributed by atoms with Gasteiger partial charge in [-0.15, -0.1) is 0 Å². The lowest BCUT2D eigenvalue weighted by atomic mass is 10.2. The highest BCUT2D eigenvalue weighted by molar-refractivity contribution is 9.10. The number of carbonyl (C=O) groups is 1. The summed E-state index contributed by atoms with van der Waals surface area (Å²) in [6.45, 7) is 1.77. The van der Waals surface area contributed by atoms with Crippen molar-refractivity contribution in [3.63, 3.8) is 0 Å². The first-order chi connectivity index (χ1) is 8.06. The number of carbonyl (C=O) groups excluding carboxylic acids is 1. The summed E-state index contributed by atoms with van der Waals surface area (Å²) < 4.78 is 5.76. The average Bonchev–Trinajstić information content (AvgIpc) is 2.68. The normalized spacial score (nSPS) is 10.3. The number of benzene rings is 1. The van der Waals surface area contributed by atoms with Gasteiger partial charge in [0.05, 0.1) is 10.7 Å². The third-order valence-electron chi connectivity index (χ3n) is 2.02. The van der Waals surface area contributed by atoms with Gasteiger partial charge < -0.3 is 4.42 Å². The summed E-state index contributed by atoms with van der Waals surface area (Å²) in [5.41, 5.74) is 1.14. The standard InChI is InChI=1S/C11H8BrClN2O2/c1-6-5-17-11(14-6)15-10(16)7-2-3-8(12)9(13)4-7/h2-5H,1H3,(H,14,15,16). The van der Waals surface area contributed by atoms with Gasteiger partial charge in [-0.05, 0) is 41.1 Å². The first kappa shape index (κ1) is 12.1. The maximum absolute atomic E-state index is 11.8. The Balaban J connectivity index is 2.17. The van der Waals surface area contributed by atoms with E-state index in [1.807, 2.05) is 0 Å². The first-order valence-electron chi connectivity index (χ1n) is 4.75. The van der Waals surface area contributed by atoms with Crippen molar-refractivity contribution in [1.82, 2.24) is 4.98 Å². The number of hydrogen-bond acceptors (Lipinski definition) is 3. The molecule has 0 fully saturated rings. The summed E-state index contributed by atoms with van der Waals surface area (Å²) in [6, 6.07) is 5.10. The lowest BCUT2D eigenvalue weighted by Crippen LogP contribution is -2.12. The topological polar surface area (TPSA) is 55.1 Å². The van der Waals surface area contributed by atoms with Crippen LogP contribution < -0.4 is 5.32 Å². The SMILES string of the molecule is Cc1coc(NC(=O)c2ccc(Br)c(Cl)c2)n1. The molecule has 88 valence electrons. The lowest BCUT2D eigenvalue weighted by Gasteiger charge is -2.02. The number of anilines is 1. The second-order valence-electron chi connectivity index (χ2n) is 3.38. The molecule has 0 bridgehead atoms. The van der Waals surface area contributed by atoms with Crippen molar-refractivity contribution in [2.24, 2.45) is 0 Å². The van der Waals surface area contributed by atoms with E-state index >= 15 is 0 Å². The van der Waals surface area contributed by atoms with Crippen molar-refractivity contribution in [3.8, 4) is 0 Å². The summed E-state index contributed by atoms with van der Waals surface area (Å²) >= 11 is 9.15.